The summed E-state index contributed by atoms with van der Waals surface area (Å²) in [5.41, 5.74) is -5.26. The molecule has 0 radical (unpaired) electrons. The number of nitrogens with zero attached hydrogens (tertiary/aromatic N) is 2. The molecule has 28 heavy (non-hydrogen) atoms. The lowest BCUT2D eigenvalue weighted by molar-refractivity contribution is -0.144. The third-order valence-corrected chi connectivity index (χ3v) is 5.87. The Morgan fingerprint density at radius 3 is 2.32 bits per heavy atom. The molecule has 1 heterocycles. The fraction of sp³-hybridized carbons (Fsp3) is 0.867. The third kappa shape index (κ3) is 7.89. The molecular formula is C15H28F3IN4O4S. The predicted octanol–water partition coefficient (Wildman–Crippen LogP) is 1.53. The van der Waals surface area contributed by atoms with Crippen molar-refractivity contribution in [1.29, 1.82) is 0 Å². The summed E-state index contributed by atoms with van der Waals surface area (Å²) >= 11 is 0. The highest BCUT2D eigenvalue weighted by atomic mass is 127. The summed E-state index contributed by atoms with van der Waals surface area (Å²) < 4.78 is 65.7. The van der Waals surface area contributed by atoms with Gasteiger partial charge in [0.25, 0.3) is 0 Å². The van der Waals surface area contributed by atoms with Gasteiger partial charge in [-0.15, -0.1) is 24.0 Å². The summed E-state index contributed by atoms with van der Waals surface area (Å²) in [6.45, 7) is 4.50. The maximum absolute atomic E-state index is 12.6. The van der Waals surface area contributed by atoms with E-state index in [-0.39, 0.29) is 55.5 Å². The molecule has 1 aliphatic heterocycles. The molecule has 0 aromatic rings. The number of halogens is 4. The maximum atomic E-state index is 12.6. The topological polar surface area (TPSA) is 100 Å². The van der Waals surface area contributed by atoms with Crippen molar-refractivity contribution in [3.05, 3.63) is 0 Å². The van der Waals surface area contributed by atoms with Crippen molar-refractivity contribution in [3.8, 4) is 0 Å². The quantitative estimate of drug-likeness (QED) is 0.218. The van der Waals surface area contributed by atoms with E-state index in [2.05, 4.69) is 20.4 Å². The molecule has 0 bridgehead atoms. The SMILES string of the molecule is CCNC(=NCC(C)C(=O)OC)NCC1CCN(S(=O)(=O)C(F)(F)F)CC1.I. The zero-order chi connectivity index (χ0) is 20.7. The van der Waals surface area contributed by atoms with Gasteiger partial charge in [-0.25, -0.2) is 8.42 Å². The Morgan fingerprint density at radius 2 is 1.86 bits per heavy atom. The van der Waals surface area contributed by atoms with Crippen LogP contribution in [0.3, 0.4) is 0 Å². The van der Waals surface area contributed by atoms with Gasteiger partial charge in [-0.2, -0.15) is 17.5 Å². The minimum absolute atomic E-state index is 0. The van der Waals surface area contributed by atoms with E-state index in [1.807, 2.05) is 6.92 Å². The van der Waals surface area contributed by atoms with Crippen LogP contribution in [0, 0.1) is 11.8 Å². The van der Waals surface area contributed by atoms with Gasteiger partial charge in [0.15, 0.2) is 5.96 Å². The first-order chi connectivity index (χ1) is 12.5. The van der Waals surface area contributed by atoms with Crippen LogP contribution in [0.15, 0.2) is 4.99 Å². The Morgan fingerprint density at radius 1 is 1.29 bits per heavy atom. The zero-order valence-electron chi connectivity index (χ0n) is 16.1. The summed E-state index contributed by atoms with van der Waals surface area (Å²) in [5, 5.41) is 6.10. The standard InChI is InChI=1S/C15H27F3N4O4S.HI/c1-4-19-14(20-9-11(2)13(23)26-3)21-10-12-5-7-22(8-6-12)27(24,25)15(16,17)18;/h11-12H,4-10H2,1-3H3,(H2,19,20,21);1H. The van der Waals surface area contributed by atoms with Crippen molar-refractivity contribution < 1.29 is 31.1 Å². The number of aliphatic imine (C=N–C) groups is 1. The van der Waals surface area contributed by atoms with Crippen molar-refractivity contribution >= 4 is 45.9 Å². The normalized spacial score (nSPS) is 18.1. The number of hydrogen-bond acceptors (Lipinski definition) is 5. The van der Waals surface area contributed by atoms with Gasteiger partial charge >= 0.3 is 21.5 Å². The molecular weight excluding hydrogens is 516 g/mol. The average molecular weight is 544 g/mol. The molecule has 166 valence electrons. The average Bonchev–Trinajstić information content (AvgIpc) is 2.62. The third-order valence-electron chi connectivity index (χ3n) is 4.24. The fourth-order valence-electron chi connectivity index (χ4n) is 2.59. The second-order valence-corrected chi connectivity index (χ2v) is 8.25. The van der Waals surface area contributed by atoms with Crippen LogP contribution in [0.25, 0.3) is 0 Å². The van der Waals surface area contributed by atoms with Crippen LogP contribution in [-0.2, 0) is 19.6 Å². The number of hydrogen-bond donors (Lipinski definition) is 2. The summed E-state index contributed by atoms with van der Waals surface area (Å²) in [6, 6.07) is 0. The molecule has 1 unspecified atom stereocenters. The molecule has 1 aliphatic rings. The molecule has 0 aromatic carbocycles. The molecule has 0 aliphatic carbocycles. The first-order valence-corrected chi connectivity index (χ1v) is 10.1. The minimum atomic E-state index is -5.26. The number of sulfonamides is 1. The van der Waals surface area contributed by atoms with Crippen LogP contribution in [-0.4, -0.2) is 70.0 Å². The Hall–Kier alpha value is -0.830. The smallest absolute Gasteiger partial charge is 0.469 e. The molecule has 1 saturated heterocycles. The number of methoxy groups -OCH3 is 1. The molecule has 0 amide bonds. The van der Waals surface area contributed by atoms with Gasteiger partial charge in [-0.05, 0) is 25.7 Å². The number of rotatable bonds is 7. The van der Waals surface area contributed by atoms with E-state index >= 15 is 0 Å². The largest absolute Gasteiger partial charge is 0.511 e. The molecule has 1 atom stereocenters. The van der Waals surface area contributed by atoms with Gasteiger partial charge < -0.3 is 15.4 Å². The maximum Gasteiger partial charge on any atom is 0.511 e. The van der Waals surface area contributed by atoms with Gasteiger partial charge in [0, 0.05) is 26.2 Å². The monoisotopic (exact) mass is 544 g/mol. The summed E-state index contributed by atoms with van der Waals surface area (Å²) in [7, 11) is -3.96. The molecule has 1 rings (SSSR count). The number of carbonyl (C=O) groups excluding carboxylic acids is 1. The highest BCUT2D eigenvalue weighted by molar-refractivity contribution is 14.0. The van der Waals surface area contributed by atoms with E-state index in [0.717, 1.165) is 0 Å². The highest BCUT2D eigenvalue weighted by Gasteiger charge is 2.50. The molecule has 0 aromatic heterocycles. The summed E-state index contributed by atoms with van der Waals surface area (Å²) in [5.74, 6) is -0.265. The van der Waals surface area contributed by atoms with Crippen LogP contribution in [0.4, 0.5) is 13.2 Å². The first-order valence-electron chi connectivity index (χ1n) is 8.69. The van der Waals surface area contributed by atoms with Gasteiger partial charge in [-0.1, -0.05) is 6.92 Å². The first kappa shape index (κ1) is 27.2. The van der Waals surface area contributed by atoms with Crippen molar-refractivity contribution in [2.45, 2.75) is 32.2 Å². The Balaban J connectivity index is 0.00000729. The Kier molecular flexibility index (Phi) is 11.6. The number of alkyl halides is 3. The lowest BCUT2D eigenvalue weighted by Crippen LogP contribution is -2.47. The second kappa shape index (κ2) is 12.0. The van der Waals surface area contributed by atoms with E-state index in [1.165, 1.54) is 7.11 Å². The van der Waals surface area contributed by atoms with E-state index in [4.69, 9.17) is 0 Å². The lowest BCUT2D eigenvalue weighted by atomic mass is 9.98. The molecule has 2 N–H and O–H groups in total. The van der Waals surface area contributed by atoms with Crippen LogP contribution in [0.5, 0.6) is 0 Å². The molecule has 1 fully saturated rings. The zero-order valence-corrected chi connectivity index (χ0v) is 19.2. The Bertz CT molecular complexity index is 623. The number of esters is 1. The summed E-state index contributed by atoms with van der Waals surface area (Å²) in [4.78, 5) is 15.7. The number of nitrogens with one attached hydrogen (secondary N) is 2. The fourth-order valence-corrected chi connectivity index (χ4v) is 3.57. The van der Waals surface area contributed by atoms with Crippen LogP contribution in [0.1, 0.15) is 26.7 Å². The minimum Gasteiger partial charge on any atom is -0.469 e. The van der Waals surface area contributed by atoms with Crippen molar-refractivity contribution in [3.63, 3.8) is 0 Å². The number of ether oxygens (including phenoxy) is 1. The van der Waals surface area contributed by atoms with E-state index < -0.39 is 21.4 Å². The highest BCUT2D eigenvalue weighted by Crippen LogP contribution is 2.30. The predicted molar refractivity (Wildman–Crippen MR) is 110 cm³/mol. The van der Waals surface area contributed by atoms with Crippen LogP contribution < -0.4 is 10.6 Å². The number of guanidine groups is 1. The van der Waals surface area contributed by atoms with Crippen molar-refractivity contribution in [2.75, 3.05) is 39.8 Å². The van der Waals surface area contributed by atoms with Gasteiger partial charge in [0.2, 0.25) is 0 Å². The summed E-state index contributed by atoms with van der Waals surface area (Å²) in [6.07, 6.45) is 0.639. The molecule has 0 spiro atoms. The van der Waals surface area contributed by atoms with Crippen molar-refractivity contribution in [2.24, 2.45) is 16.8 Å². The van der Waals surface area contributed by atoms with E-state index in [0.29, 0.717) is 36.2 Å². The van der Waals surface area contributed by atoms with Gasteiger partial charge in [-0.3, -0.25) is 9.79 Å². The van der Waals surface area contributed by atoms with Gasteiger partial charge in [0.1, 0.15) is 0 Å². The van der Waals surface area contributed by atoms with Crippen LogP contribution in [0.2, 0.25) is 0 Å². The molecule has 13 heteroatoms. The molecule has 8 nitrogen and oxygen atoms in total. The Labute approximate surface area is 180 Å². The number of carbonyl (C=O) groups is 1. The second-order valence-electron chi connectivity index (χ2n) is 6.32. The van der Waals surface area contributed by atoms with Crippen LogP contribution >= 0.6 is 24.0 Å². The molecule has 0 saturated carbocycles. The van der Waals surface area contributed by atoms with Crippen molar-refractivity contribution in [1.82, 2.24) is 14.9 Å². The lowest BCUT2D eigenvalue weighted by Gasteiger charge is -2.31. The van der Waals surface area contributed by atoms with E-state index in [1.54, 1.807) is 6.92 Å². The number of piperidine rings is 1. The van der Waals surface area contributed by atoms with E-state index in [9.17, 15) is 26.4 Å². The van der Waals surface area contributed by atoms with Gasteiger partial charge in [0.05, 0.1) is 19.6 Å².